The van der Waals surface area contributed by atoms with Crippen LogP contribution in [0.25, 0.3) is 0 Å². The maximum absolute atomic E-state index is 10.2. The lowest BCUT2D eigenvalue weighted by Crippen LogP contribution is -2.45. The van der Waals surface area contributed by atoms with Crippen LogP contribution >= 0.6 is 0 Å². The molecule has 1 aromatic rings. The van der Waals surface area contributed by atoms with Gasteiger partial charge in [0, 0.05) is 25.4 Å². The Morgan fingerprint density at radius 2 is 2.08 bits per heavy atom. The molecule has 3 aliphatic rings. The quantitative estimate of drug-likeness (QED) is 0.649. The average molecular weight is 357 g/mol. The molecule has 1 aliphatic carbocycles. The predicted molar refractivity (Wildman–Crippen MR) is 103 cm³/mol. The maximum Gasteiger partial charge on any atom is 0.172 e. The molecule has 0 aromatic heterocycles. The van der Waals surface area contributed by atoms with Crippen molar-refractivity contribution >= 4 is 13.3 Å². The summed E-state index contributed by atoms with van der Waals surface area (Å²) in [6.07, 6.45) is 4.91. The van der Waals surface area contributed by atoms with Gasteiger partial charge in [-0.1, -0.05) is 16.6 Å². The van der Waals surface area contributed by atoms with Crippen LogP contribution in [0.3, 0.4) is 0 Å². The number of aromatic hydroxyl groups is 1. The predicted octanol–water partition coefficient (Wildman–Crippen LogP) is 1.13. The first-order valence-electron chi connectivity index (χ1n) is 9.57. The van der Waals surface area contributed by atoms with E-state index in [0.717, 1.165) is 57.3 Å². The molecule has 1 unspecified atom stereocenters. The number of ether oxygens (including phenoxy) is 3. The average Bonchev–Trinajstić information content (AvgIpc) is 3.08. The maximum atomic E-state index is 10.2. The molecule has 2 heterocycles. The molecule has 140 valence electrons. The van der Waals surface area contributed by atoms with Crippen molar-refractivity contribution in [2.45, 2.75) is 43.9 Å². The number of rotatable bonds is 3. The van der Waals surface area contributed by atoms with Gasteiger partial charge in [-0.15, -0.1) is 0 Å². The number of methoxy groups -OCH3 is 1. The fourth-order valence-corrected chi connectivity index (χ4v) is 4.74. The van der Waals surface area contributed by atoms with Crippen LogP contribution in [-0.4, -0.2) is 63.6 Å². The molecule has 1 N–H and O–H groups in total. The Balaban J connectivity index is 1.60. The van der Waals surface area contributed by atoms with Gasteiger partial charge >= 0.3 is 0 Å². The van der Waals surface area contributed by atoms with Crippen molar-refractivity contribution in [3.63, 3.8) is 0 Å². The van der Waals surface area contributed by atoms with Gasteiger partial charge in [-0.2, -0.15) is 0 Å². The molecule has 0 amide bonds. The summed E-state index contributed by atoms with van der Waals surface area (Å²) in [4.78, 5) is 2.45. The normalized spacial score (nSPS) is 25.5. The lowest BCUT2D eigenvalue weighted by Gasteiger charge is -2.43. The second-order valence-electron chi connectivity index (χ2n) is 7.81. The van der Waals surface area contributed by atoms with Gasteiger partial charge in [0.1, 0.15) is 7.85 Å². The first-order valence-corrected chi connectivity index (χ1v) is 9.57. The van der Waals surface area contributed by atoms with Gasteiger partial charge in [0.2, 0.25) is 0 Å². The van der Waals surface area contributed by atoms with Crippen LogP contribution in [0.2, 0.25) is 0 Å². The highest BCUT2D eigenvalue weighted by Crippen LogP contribution is 2.44. The van der Waals surface area contributed by atoms with E-state index in [-0.39, 0.29) is 11.5 Å². The number of likely N-dealkylation sites (N-methyl/N-ethyl adjacent to an activating group) is 1. The molecule has 0 saturated carbocycles. The first-order chi connectivity index (χ1) is 12.5. The van der Waals surface area contributed by atoms with Gasteiger partial charge in [0.25, 0.3) is 0 Å². The Morgan fingerprint density at radius 3 is 2.81 bits per heavy atom. The summed E-state index contributed by atoms with van der Waals surface area (Å²) in [6.45, 7) is 2.49. The Kier molecular flexibility index (Phi) is 4.76. The number of hydrogen-bond acceptors (Lipinski definition) is 5. The van der Waals surface area contributed by atoms with Gasteiger partial charge in [-0.05, 0) is 44.0 Å². The van der Waals surface area contributed by atoms with E-state index in [2.05, 4.69) is 19.8 Å². The standard InChI is InChI=1S/C20H28BNO4/c1-22-6-4-13-12-20(25-7-8-26-20)5-3-15(13)17(22)9-14-10-18(23)19(24-2)11-16(14)21/h10-11,17,23H,3-9,12,21H2,1-2H3. The third kappa shape index (κ3) is 3.15. The molecule has 5 nitrogen and oxygen atoms in total. The second kappa shape index (κ2) is 6.91. The lowest BCUT2D eigenvalue weighted by atomic mass is 9.77. The molecule has 1 fully saturated rings. The number of nitrogens with zero attached hydrogens (tertiary/aromatic N) is 1. The molecule has 1 spiro atoms. The molecular weight excluding hydrogens is 329 g/mol. The lowest BCUT2D eigenvalue weighted by molar-refractivity contribution is -0.165. The van der Waals surface area contributed by atoms with Crippen molar-refractivity contribution in [2.75, 3.05) is 33.9 Å². The van der Waals surface area contributed by atoms with E-state index in [0.29, 0.717) is 11.8 Å². The summed E-state index contributed by atoms with van der Waals surface area (Å²) in [6, 6.07) is 4.17. The zero-order chi connectivity index (χ0) is 18.3. The zero-order valence-electron chi connectivity index (χ0n) is 16.0. The Labute approximate surface area is 156 Å². The number of phenols is 1. The monoisotopic (exact) mass is 357 g/mol. The van der Waals surface area contributed by atoms with E-state index in [4.69, 9.17) is 14.2 Å². The fourth-order valence-electron chi connectivity index (χ4n) is 4.74. The summed E-state index contributed by atoms with van der Waals surface area (Å²) in [5.74, 6) is 0.405. The number of hydrogen-bond donors (Lipinski definition) is 1. The highest BCUT2D eigenvalue weighted by Gasteiger charge is 2.43. The third-order valence-electron chi connectivity index (χ3n) is 6.28. The minimum absolute atomic E-state index is 0.219. The smallest absolute Gasteiger partial charge is 0.172 e. The minimum atomic E-state index is -0.354. The van der Waals surface area contributed by atoms with Crippen LogP contribution in [-0.2, 0) is 15.9 Å². The first kappa shape index (κ1) is 17.9. The molecular formula is C20H28BNO4. The van der Waals surface area contributed by atoms with E-state index in [9.17, 15) is 5.11 Å². The van der Waals surface area contributed by atoms with Crippen molar-refractivity contribution < 1.29 is 19.3 Å². The van der Waals surface area contributed by atoms with E-state index < -0.39 is 0 Å². The largest absolute Gasteiger partial charge is 0.504 e. The van der Waals surface area contributed by atoms with Crippen LogP contribution in [0.1, 0.15) is 31.2 Å². The summed E-state index contributed by atoms with van der Waals surface area (Å²) in [5, 5.41) is 10.2. The summed E-state index contributed by atoms with van der Waals surface area (Å²) in [7, 11) is 5.89. The highest BCUT2D eigenvalue weighted by atomic mass is 16.7. The van der Waals surface area contributed by atoms with Gasteiger partial charge < -0.3 is 19.3 Å². The van der Waals surface area contributed by atoms with Crippen LogP contribution in [0.4, 0.5) is 0 Å². The zero-order valence-corrected chi connectivity index (χ0v) is 16.0. The Morgan fingerprint density at radius 1 is 1.31 bits per heavy atom. The van der Waals surface area contributed by atoms with E-state index in [1.807, 2.05) is 12.1 Å². The van der Waals surface area contributed by atoms with Crippen LogP contribution in [0.5, 0.6) is 11.5 Å². The Bertz CT molecular complexity index is 727. The van der Waals surface area contributed by atoms with E-state index in [1.165, 1.54) is 11.1 Å². The van der Waals surface area contributed by atoms with Crippen LogP contribution < -0.4 is 10.2 Å². The van der Waals surface area contributed by atoms with E-state index in [1.54, 1.807) is 12.7 Å². The molecule has 1 saturated heterocycles. The van der Waals surface area contributed by atoms with Crippen molar-refractivity contribution in [1.29, 1.82) is 0 Å². The molecule has 26 heavy (non-hydrogen) atoms. The Hall–Kier alpha value is -1.50. The van der Waals surface area contributed by atoms with Crippen molar-refractivity contribution in [1.82, 2.24) is 4.90 Å². The van der Waals surface area contributed by atoms with Gasteiger partial charge in [-0.25, -0.2) is 0 Å². The number of benzene rings is 1. The number of phenolic OH excluding ortho intramolecular Hbond substituents is 1. The molecule has 0 bridgehead atoms. The molecule has 0 radical (unpaired) electrons. The molecule has 6 heteroatoms. The van der Waals surface area contributed by atoms with Gasteiger partial charge in [0.15, 0.2) is 17.3 Å². The SMILES string of the molecule is Bc1cc(OC)c(O)cc1CC1C2=C(CCN1C)CC1(CC2)OCCO1. The minimum Gasteiger partial charge on any atom is -0.504 e. The summed E-state index contributed by atoms with van der Waals surface area (Å²) < 4.78 is 17.1. The van der Waals surface area contributed by atoms with Crippen molar-refractivity contribution in [3.8, 4) is 11.5 Å². The summed E-state index contributed by atoms with van der Waals surface area (Å²) in [5.41, 5.74) is 5.42. The molecule has 1 atom stereocenters. The molecule has 4 rings (SSSR count). The molecule has 1 aromatic carbocycles. The second-order valence-corrected chi connectivity index (χ2v) is 7.81. The molecule has 2 aliphatic heterocycles. The van der Waals surface area contributed by atoms with E-state index >= 15 is 0 Å². The summed E-state index contributed by atoms with van der Waals surface area (Å²) >= 11 is 0. The third-order valence-corrected chi connectivity index (χ3v) is 6.28. The van der Waals surface area contributed by atoms with Gasteiger partial charge in [-0.3, -0.25) is 4.90 Å². The van der Waals surface area contributed by atoms with Crippen molar-refractivity contribution in [3.05, 3.63) is 28.8 Å². The fraction of sp³-hybridized carbons (Fsp3) is 0.600. The van der Waals surface area contributed by atoms with Gasteiger partial charge in [0.05, 0.1) is 20.3 Å². The van der Waals surface area contributed by atoms with Crippen LogP contribution in [0.15, 0.2) is 23.3 Å². The highest BCUT2D eigenvalue weighted by molar-refractivity contribution is 6.33. The van der Waals surface area contributed by atoms with Crippen LogP contribution in [0, 0.1) is 0 Å². The topological polar surface area (TPSA) is 51.2 Å². The van der Waals surface area contributed by atoms with Crippen molar-refractivity contribution in [2.24, 2.45) is 0 Å².